The van der Waals surface area contributed by atoms with Crippen LogP contribution in [0, 0.1) is 23.1 Å². The van der Waals surface area contributed by atoms with E-state index in [0.717, 1.165) is 46.7 Å². The number of hydrogen-bond donors (Lipinski definition) is 0. The lowest BCUT2D eigenvalue weighted by Gasteiger charge is -2.29. The van der Waals surface area contributed by atoms with Crippen LogP contribution in [0.15, 0.2) is 48.5 Å². The van der Waals surface area contributed by atoms with Gasteiger partial charge in [0.1, 0.15) is 18.1 Å². The van der Waals surface area contributed by atoms with Gasteiger partial charge in [-0.1, -0.05) is 62.9 Å². The third kappa shape index (κ3) is 4.10. The zero-order valence-corrected chi connectivity index (χ0v) is 17.4. The second-order valence-electron chi connectivity index (χ2n) is 8.48. The topological polar surface area (TPSA) is 23.8 Å². The Morgan fingerprint density at radius 2 is 1.77 bits per heavy atom. The van der Waals surface area contributed by atoms with Crippen LogP contribution in [0.3, 0.4) is 0 Å². The molecule has 30 heavy (non-hydrogen) atoms. The fourth-order valence-corrected chi connectivity index (χ4v) is 4.72. The number of alkyl halides is 1. The molecule has 0 spiro atoms. The minimum absolute atomic E-state index is 0.0480. The summed E-state index contributed by atoms with van der Waals surface area (Å²) in [7, 11) is 0. The largest absolute Gasteiger partial charge is 0.247 e. The number of fused-ring (bicyclic) bond motifs is 3. The molecule has 154 valence electrons. The summed E-state index contributed by atoms with van der Waals surface area (Å²) in [5, 5.41) is 11.1. The number of halogens is 2. The molecule has 0 fully saturated rings. The molecule has 1 nitrogen and oxygen atoms in total. The molecule has 0 aliphatic heterocycles. The molecule has 3 aromatic carbocycles. The number of unbranched alkanes of at least 4 members (excludes halogenated alkanes) is 3. The molecule has 3 aromatic rings. The second kappa shape index (κ2) is 8.96. The SMILES string of the molecule is CCCCCCC1Cc2ccc3cc(-c4ccc(C#N)c(F)c4)ccc3c2CC1F. The van der Waals surface area contributed by atoms with Gasteiger partial charge < -0.3 is 0 Å². The molecule has 2 atom stereocenters. The van der Waals surface area contributed by atoms with E-state index in [1.807, 2.05) is 24.3 Å². The average molecular weight is 404 g/mol. The Morgan fingerprint density at radius 3 is 2.53 bits per heavy atom. The molecule has 3 heteroatoms. The number of hydrogen-bond acceptors (Lipinski definition) is 1. The molecule has 0 aromatic heterocycles. The first-order valence-electron chi connectivity index (χ1n) is 11.0. The quantitative estimate of drug-likeness (QED) is 0.390. The molecule has 0 radical (unpaired) electrons. The smallest absolute Gasteiger partial charge is 0.141 e. The van der Waals surface area contributed by atoms with E-state index < -0.39 is 12.0 Å². The predicted octanol–water partition coefficient (Wildman–Crippen LogP) is 7.54. The standard InChI is InChI=1S/C27H27F2N/c1-2-3-4-5-6-22-14-21-9-8-20-13-18(11-12-24(20)25(21)16-27(22)29)19-7-10-23(17-30)26(28)15-19/h7-13,15,22,27H,2-6,14,16H2,1H3. The molecule has 2 unspecified atom stereocenters. The Hall–Kier alpha value is -2.73. The van der Waals surface area contributed by atoms with Crippen LogP contribution >= 0.6 is 0 Å². The molecule has 0 N–H and O–H groups in total. The molecule has 0 saturated heterocycles. The van der Waals surface area contributed by atoms with E-state index in [4.69, 9.17) is 5.26 Å². The van der Waals surface area contributed by atoms with Crippen molar-refractivity contribution in [2.75, 3.05) is 0 Å². The normalized spacial score (nSPS) is 18.2. The van der Waals surface area contributed by atoms with Crippen molar-refractivity contribution in [2.45, 2.75) is 58.0 Å². The van der Waals surface area contributed by atoms with Gasteiger partial charge in [-0.25, -0.2) is 8.78 Å². The van der Waals surface area contributed by atoms with Crippen LogP contribution < -0.4 is 0 Å². The Balaban J connectivity index is 1.60. The lowest BCUT2D eigenvalue weighted by Crippen LogP contribution is -2.27. The van der Waals surface area contributed by atoms with Crippen LogP contribution in [0.5, 0.6) is 0 Å². The summed E-state index contributed by atoms with van der Waals surface area (Å²) in [6.45, 7) is 2.20. The van der Waals surface area contributed by atoms with Crippen LogP contribution in [-0.4, -0.2) is 6.17 Å². The third-order valence-corrected chi connectivity index (χ3v) is 6.47. The number of nitrogens with zero attached hydrogens (tertiary/aromatic N) is 1. The highest BCUT2D eigenvalue weighted by atomic mass is 19.1. The van der Waals surface area contributed by atoms with Crippen LogP contribution in [0.4, 0.5) is 8.78 Å². The molecule has 1 aliphatic carbocycles. The Labute approximate surface area is 177 Å². The van der Waals surface area contributed by atoms with Crippen LogP contribution in [0.1, 0.15) is 55.7 Å². The summed E-state index contributed by atoms with van der Waals surface area (Å²) in [5.74, 6) is -0.376. The zero-order chi connectivity index (χ0) is 21.1. The Bertz CT molecular complexity index is 1100. The van der Waals surface area contributed by atoms with Gasteiger partial charge in [0.15, 0.2) is 0 Å². The highest BCUT2D eigenvalue weighted by molar-refractivity contribution is 5.91. The van der Waals surface area contributed by atoms with Gasteiger partial charge >= 0.3 is 0 Å². The maximum absolute atomic E-state index is 15.0. The molecule has 4 rings (SSSR count). The molecule has 1 aliphatic rings. The first kappa shape index (κ1) is 20.5. The van der Waals surface area contributed by atoms with Gasteiger partial charge in [-0.3, -0.25) is 0 Å². The Morgan fingerprint density at radius 1 is 0.967 bits per heavy atom. The maximum Gasteiger partial charge on any atom is 0.141 e. The van der Waals surface area contributed by atoms with Gasteiger partial charge in [0.05, 0.1) is 5.56 Å². The second-order valence-corrected chi connectivity index (χ2v) is 8.48. The fraction of sp³-hybridized carbons (Fsp3) is 0.370. The highest BCUT2D eigenvalue weighted by Crippen LogP contribution is 2.36. The Kier molecular flexibility index (Phi) is 6.13. The summed E-state index contributed by atoms with van der Waals surface area (Å²) in [5.41, 5.74) is 4.08. The van der Waals surface area contributed by atoms with E-state index in [1.165, 1.54) is 37.0 Å². The van der Waals surface area contributed by atoms with E-state index in [0.29, 0.717) is 6.42 Å². The first-order chi connectivity index (χ1) is 14.6. The molecule has 0 bridgehead atoms. The van der Waals surface area contributed by atoms with E-state index in [9.17, 15) is 8.78 Å². The minimum Gasteiger partial charge on any atom is -0.247 e. The molecular weight excluding hydrogens is 376 g/mol. The van der Waals surface area contributed by atoms with Crippen molar-refractivity contribution in [2.24, 2.45) is 5.92 Å². The number of rotatable bonds is 6. The monoisotopic (exact) mass is 403 g/mol. The van der Waals surface area contributed by atoms with Crippen LogP contribution in [0.25, 0.3) is 21.9 Å². The van der Waals surface area contributed by atoms with Gasteiger partial charge in [0, 0.05) is 6.42 Å². The van der Waals surface area contributed by atoms with Crippen molar-refractivity contribution in [3.8, 4) is 17.2 Å². The summed E-state index contributed by atoms with van der Waals surface area (Å²) in [6.07, 6.45) is 6.25. The van der Waals surface area contributed by atoms with Gasteiger partial charge in [-0.05, 0) is 70.0 Å². The van der Waals surface area contributed by atoms with Crippen molar-refractivity contribution >= 4 is 10.8 Å². The molecule has 0 heterocycles. The highest BCUT2D eigenvalue weighted by Gasteiger charge is 2.29. The van der Waals surface area contributed by atoms with Crippen molar-refractivity contribution in [3.05, 3.63) is 71.0 Å². The van der Waals surface area contributed by atoms with E-state index in [2.05, 4.69) is 19.1 Å². The fourth-order valence-electron chi connectivity index (χ4n) is 4.72. The lowest BCUT2D eigenvalue weighted by molar-refractivity contribution is 0.199. The number of nitriles is 1. The lowest BCUT2D eigenvalue weighted by atomic mass is 9.78. The van der Waals surface area contributed by atoms with Crippen molar-refractivity contribution in [3.63, 3.8) is 0 Å². The summed E-state index contributed by atoms with van der Waals surface area (Å²) in [4.78, 5) is 0. The summed E-state index contributed by atoms with van der Waals surface area (Å²) >= 11 is 0. The van der Waals surface area contributed by atoms with Crippen LogP contribution in [0.2, 0.25) is 0 Å². The number of benzene rings is 3. The van der Waals surface area contributed by atoms with E-state index in [1.54, 1.807) is 6.07 Å². The van der Waals surface area contributed by atoms with Crippen molar-refractivity contribution < 1.29 is 8.78 Å². The van der Waals surface area contributed by atoms with Gasteiger partial charge in [-0.2, -0.15) is 5.26 Å². The van der Waals surface area contributed by atoms with E-state index >= 15 is 0 Å². The van der Waals surface area contributed by atoms with Crippen molar-refractivity contribution in [1.82, 2.24) is 0 Å². The molecular formula is C27H27F2N. The maximum atomic E-state index is 15.0. The zero-order valence-electron chi connectivity index (χ0n) is 17.4. The predicted molar refractivity (Wildman–Crippen MR) is 119 cm³/mol. The van der Waals surface area contributed by atoms with Gasteiger partial charge in [0.25, 0.3) is 0 Å². The van der Waals surface area contributed by atoms with Gasteiger partial charge in [-0.15, -0.1) is 0 Å². The molecule has 0 amide bonds. The minimum atomic E-state index is -0.781. The average Bonchev–Trinajstić information content (AvgIpc) is 2.76. The third-order valence-electron chi connectivity index (χ3n) is 6.47. The molecule has 0 saturated carbocycles. The van der Waals surface area contributed by atoms with Crippen LogP contribution in [-0.2, 0) is 12.8 Å². The first-order valence-corrected chi connectivity index (χ1v) is 11.0. The summed E-state index contributed by atoms with van der Waals surface area (Å²) in [6, 6.07) is 16.8. The summed E-state index contributed by atoms with van der Waals surface area (Å²) < 4.78 is 29.0. The van der Waals surface area contributed by atoms with Crippen molar-refractivity contribution in [1.29, 1.82) is 5.26 Å². The van der Waals surface area contributed by atoms with Gasteiger partial charge in [0.2, 0.25) is 0 Å². The van der Waals surface area contributed by atoms with E-state index in [-0.39, 0.29) is 11.5 Å².